The highest BCUT2D eigenvalue weighted by molar-refractivity contribution is 5.96. The Kier molecular flexibility index (Phi) is 5.57. The van der Waals surface area contributed by atoms with Crippen molar-refractivity contribution in [3.63, 3.8) is 0 Å². The Morgan fingerprint density at radius 3 is 2.84 bits per heavy atom. The number of carbonyl (C=O) groups excluding carboxylic acids is 1. The van der Waals surface area contributed by atoms with E-state index in [4.69, 9.17) is 10.4 Å². The maximum Gasteiger partial charge on any atom is 0.249 e. The van der Waals surface area contributed by atoms with E-state index in [1.165, 1.54) is 0 Å². The predicted octanol–water partition coefficient (Wildman–Crippen LogP) is 3.75. The average molecular weight is 260 g/mol. The molecule has 100 valence electrons. The summed E-state index contributed by atoms with van der Waals surface area (Å²) in [5, 5.41) is 7.03. The summed E-state index contributed by atoms with van der Waals surface area (Å²) in [6.45, 7) is 5.88. The second-order valence-corrected chi connectivity index (χ2v) is 4.05. The molecule has 0 spiro atoms. The van der Waals surface area contributed by atoms with Crippen LogP contribution in [0.5, 0.6) is 0 Å². The molecule has 0 aromatic heterocycles. The van der Waals surface area contributed by atoms with Gasteiger partial charge in [0.25, 0.3) is 0 Å². The van der Waals surface area contributed by atoms with Gasteiger partial charge < -0.3 is 4.84 Å². The number of hydrogen-bond donors (Lipinski definition) is 0. The van der Waals surface area contributed by atoms with Crippen LogP contribution in [0, 0.1) is 6.92 Å². The van der Waals surface area contributed by atoms with E-state index in [-0.39, 0.29) is 6.61 Å². The number of aryl methyl sites for hydroxylation is 1. The zero-order valence-electron chi connectivity index (χ0n) is 11.3. The molecule has 1 amide bonds. The lowest BCUT2D eigenvalue weighted by Gasteiger charge is -2.09. The van der Waals surface area contributed by atoms with Crippen molar-refractivity contribution in [2.75, 3.05) is 0 Å². The molecular formula is C13H16N4O2. The number of benzene rings is 1. The topological polar surface area (TPSA) is 87.4 Å². The molecule has 0 bridgehead atoms. The van der Waals surface area contributed by atoms with Gasteiger partial charge in [-0.25, -0.2) is 0 Å². The van der Waals surface area contributed by atoms with Crippen molar-refractivity contribution in [3.8, 4) is 0 Å². The summed E-state index contributed by atoms with van der Waals surface area (Å²) in [7, 11) is 0. The minimum Gasteiger partial charge on any atom is -0.391 e. The molecule has 0 N–H and O–H groups in total. The smallest absolute Gasteiger partial charge is 0.249 e. The molecule has 1 aromatic carbocycles. The Morgan fingerprint density at radius 1 is 1.47 bits per heavy atom. The first kappa shape index (κ1) is 14.7. The third kappa shape index (κ3) is 4.12. The van der Waals surface area contributed by atoms with Gasteiger partial charge in [0.05, 0.1) is 5.71 Å². The van der Waals surface area contributed by atoms with Crippen LogP contribution in [0.1, 0.15) is 41.8 Å². The molecule has 0 heterocycles. The van der Waals surface area contributed by atoms with E-state index in [0.717, 1.165) is 17.7 Å². The van der Waals surface area contributed by atoms with Gasteiger partial charge >= 0.3 is 0 Å². The minimum absolute atomic E-state index is 0.173. The molecule has 1 aromatic rings. The molecule has 6 nitrogen and oxygen atoms in total. The van der Waals surface area contributed by atoms with Crippen molar-refractivity contribution in [1.29, 1.82) is 0 Å². The predicted molar refractivity (Wildman–Crippen MR) is 72.8 cm³/mol. The van der Waals surface area contributed by atoms with Crippen molar-refractivity contribution in [2.24, 2.45) is 10.3 Å². The number of oxime groups is 1. The fraction of sp³-hybridized carbons (Fsp3) is 0.385. The van der Waals surface area contributed by atoms with Gasteiger partial charge in [0.15, 0.2) is 0 Å². The van der Waals surface area contributed by atoms with Gasteiger partial charge in [0.1, 0.15) is 6.61 Å². The van der Waals surface area contributed by atoms with E-state index in [1.54, 1.807) is 12.1 Å². The lowest BCUT2D eigenvalue weighted by molar-refractivity contribution is 0.0988. The van der Waals surface area contributed by atoms with Crippen molar-refractivity contribution < 1.29 is 9.63 Å². The fourth-order valence-corrected chi connectivity index (χ4v) is 1.46. The molecule has 0 saturated carbocycles. The van der Waals surface area contributed by atoms with Crippen LogP contribution in [-0.4, -0.2) is 11.6 Å². The van der Waals surface area contributed by atoms with Gasteiger partial charge in [-0.15, -0.1) is 0 Å². The van der Waals surface area contributed by atoms with Crippen molar-refractivity contribution >= 4 is 11.6 Å². The van der Waals surface area contributed by atoms with Crippen molar-refractivity contribution in [1.82, 2.24) is 0 Å². The summed E-state index contributed by atoms with van der Waals surface area (Å²) in [6, 6.07) is 5.21. The summed E-state index contributed by atoms with van der Waals surface area (Å²) in [5.41, 5.74) is 11.1. The first-order valence-corrected chi connectivity index (χ1v) is 5.93. The second kappa shape index (κ2) is 7.18. The van der Waals surface area contributed by atoms with Gasteiger partial charge in [0.2, 0.25) is 5.91 Å². The lowest BCUT2D eigenvalue weighted by atomic mass is 10.0. The van der Waals surface area contributed by atoms with E-state index in [9.17, 15) is 4.79 Å². The molecule has 6 heteroatoms. The number of nitrogens with zero attached hydrogens (tertiary/aromatic N) is 4. The average Bonchev–Trinajstić information content (AvgIpc) is 2.40. The van der Waals surface area contributed by atoms with Crippen LogP contribution in [0.15, 0.2) is 28.5 Å². The van der Waals surface area contributed by atoms with Crippen LogP contribution in [0.2, 0.25) is 0 Å². The molecule has 0 radical (unpaired) electrons. The number of carbonyl (C=O) groups is 1. The van der Waals surface area contributed by atoms with E-state index >= 15 is 0 Å². The molecule has 0 fully saturated rings. The monoisotopic (exact) mass is 260 g/mol. The zero-order chi connectivity index (χ0) is 14.3. The third-order valence-electron chi connectivity index (χ3n) is 2.72. The maximum absolute atomic E-state index is 11.7. The highest BCUT2D eigenvalue weighted by Gasteiger charge is 2.12. The number of amides is 1. The first-order valence-electron chi connectivity index (χ1n) is 5.93. The number of azide groups is 1. The molecule has 1 rings (SSSR count). The van der Waals surface area contributed by atoms with Crippen LogP contribution >= 0.6 is 0 Å². The van der Waals surface area contributed by atoms with Gasteiger partial charge in [-0.2, -0.15) is 0 Å². The molecule has 0 atom stereocenters. The van der Waals surface area contributed by atoms with Crippen LogP contribution in [0.3, 0.4) is 0 Å². The molecule has 19 heavy (non-hydrogen) atoms. The molecule has 0 aliphatic rings. The van der Waals surface area contributed by atoms with Gasteiger partial charge in [-0.3, -0.25) is 4.79 Å². The Hall–Kier alpha value is -2.33. The summed E-state index contributed by atoms with van der Waals surface area (Å²) in [6.07, 6.45) is 0.804. The highest BCUT2D eigenvalue weighted by atomic mass is 16.6. The summed E-state index contributed by atoms with van der Waals surface area (Å²) in [5.74, 6) is -0.610. The number of rotatable bonds is 5. The van der Waals surface area contributed by atoms with E-state index in [2.05, 4.69) is 15.2 Å². The van der Waals surface area contributed by atoms with Crippen molar-refractivity contribution in [3.05, 3.63) is 45.3 Å². The molecule has 0 unspecified atom stereocenters. The Bertz CT molecular complexity index is 546. The van der Waals surface area contributed by atoms with Gasteiger partial charge in [-0.05, 0) is 36.5 Å². The first-order chi connectivity index (χ1) is 9.10. The molecule has 0 aliphatic carbocycles. The Morgan fingerprint density at radius 2 is 2.21 bits per heavy atom. The largest absolute Gasteiger partial charge is 0.391 e. The molecule has 0 aliphatic heterocycles. The van der Waals surface area contributed by atoms with Gasteiger partial charge in [-0.1, -0.05) is 30.3 Å². The van der Waals surface area contributed by atoms with Crippen molar-refractivity contribution in [2.45, 2.75) is 33.8 Å². The lowest BCUT2D eigenvalue weighted by Crippen LogP contribution is -2.04. The zero-order valence-corrected chi connectivity index (χ0v) is 11.3. The third-order valence-corrected chi connectivity index (χ3v) is 2.72. The van der Waals surface area contributed by atoms with Crippen LogP contribution in [0.25, 0.3) is 10.4 Å². The Balaban J connectivity index is 2.98. The normalized spacial score (nSPS) is 10.8. The van der Waals surface area contributed by atoms with Crippen LogP contribution in [0.4, 0.5) is 0 Å². The Labute approximate surface area is 111 Å². The SMILES string of the molecule is CCC(C)=NOCc1c(C)cccc1C(=O)N=[N+]=[N-]. The van der Waals surface area contributed by atoms with E-state index in [1.807, 2.05) is 26.8 Å². The summed E-state index contributed by atoms with van der Waals surface area (Å²) in [4.78, 5) is 19.4. The molecule has 0 saturated heterocycles. The minimum atomic E-state index is -0.610. The number of hydrogen-bond acceptors (Lipinski definition) is 3. The van der Waals surface area contributed by atoms with Crippen LogP contribution < -0.4 is 0 Å². The highest BCUT2D eigenvalue weighted by Crippen LogP contribution is 2.17. The summed E-state index contributed by atoms with van der Waals surface area (Å²) < 4.78 is 0. The van der Waals surface area contributed by atoms with E-state index < -0.39 is 5.91 Å². The summed E-state index contributed by atoms with van der Waals surface area (Å²) >= 11 is 0. The van der Waals surface area contributed by atoms with Crippen LogP contribution in [-0.2, 0) is 11.4 Å². The molecular weight excluding hydrogens is 244 g/mol. The quantitative estimate of drug-likeness (QED) is 0.265. The van der Waals surface area contributed by atoms with E-state index in [0.29, 0.717) is 11.1 Å². The fourth-order valence-electron chi connectivity index (χ4n) is 1.46. The maximum atomic E-state index is 11.7. The van der Waals surface area contributed by atoms with Gasteiger partial charge in [0, 0.05) is 16.0 Å². The second-order valence-electron chi connectivity index (χ2n) is 4.05. The standard InChI is InChI=1S/C13H16N4O2/c1-4-10(3)16-19-8-12-9(2)6-5-7-11(12)13(18)15-17-14/h5-7H,4,8H2,1-3H3.